The highest BCUT2D eigenvalue weighted by Gasteiger charge is 2.25. The van der Waals surface area contributed by atoms with Gasteiger partial charge in [-0.1, -0.05) is 41.4 Å². The van der Waals surface area contributed by atoms with E-state index in [1.165, 1.54) is 16.8 Å². The van der Waals surface area contributed by atoms with Crippen LogP contribution in [0.2, 0.25) is 10.0 Å². The molecule has 1 aliphatic heterocycles. The summed E-state index contributed by atoms with van der Waals surface area (Å²) in [4.78, 5) is 0. The van der Waals surface area contributed by atoms with E-state index in [0.717, 1.165) is 22.0 Å². The van der Waals surface area contributed by atoms with Gasteiger partial charge in [0.25, 0.3) is 0 Å². The van der Waals surface area contributed by atoms with E-state index in [-0.39, 0.29) is 6.04 Å². The van der Waals surface area contributed by atoms with Crippen LogP contribution in [0.5, 0.6) is 0 Å². The lowest BCUT2D eigenvalue weighted by Crippen LogP contribution is -2.06. The number of nitrogens with one attached hydrogen (secondary N) is 1. The molecule has 1 unspecified atom stereocenters. The fraction of sp³-hybridized carbons (Fsp3) is 0.200. The Morgan fingerprint density at radius 2 is 1.94 bits per heavy atom. The largest absolute Gasteiger partial charge is 0.377 e. The van der Waals surface area contributed by atoms with Crippen LogP contribution in [0.3, 0.4) is 0 Å². The average molecular weight is 278 g/mol. The zero-order chi connectivity index (χ0) is 12.7. The Balaban J connectivity index is 1.99. The molecule has 0 bridgehead atoms. The molecule has 0 radical (unpaired) electrons. The van der Waals surface area contributed by atoms with Gasteiger partial charge in [-0.2, -0.15) is 0 Å². The second-order valence-electron chi connectivity index (χ2n) is 4.68. The molecular formula is C15H13Cl2N. The highest BCUT2D eigenvalue weighted by atomic mass is 35.5. The highest BCUT2D eigenvalue weighted by molar-refractivity contribution is 6.31. The molecule has 0 fully saturated rings. The minimum absolute atomic E-state index is 0.242. The van der Waals surface area contributed by atoms with Crippen molar-refractivity contribution >= 4 is 28.9 Å². The van der Waals surface area contributed by atoms with Crippen LogP contribution >= 0.6 is 23.2 Å². The molecule has 0 amide bonds. The van der Waals surface area contributed by atoms with Crippen LogP contribution in [0.25, 0.3) is 0 Å². The van der Waals surface area contributed by atoms with Crippen LogP contribution < -0.4 is 5.32 Å². The minimum atomic E-state index is 0.242. The monoisotopic (exact) mass is 277 g/mol. The average Bonchev–Trinajstić information content (AvgIpc) is 2.73. The molecule has 18 heavy (non-hydrogen) atoms. The molecular weight excluding hydrogens is 265 g/mol. The molecule has 0 saturated heterocycles. The summed E-state index contributed by atoms with van der Waals surface area (Å²) in [6.07, 6.45) is 0.931. The molecule has 3 heteroatoms. The molecule has 1 heterocycles. The van der Waals surface area contributed by atoms with Crippen molar-refractivity contribution < 1.29 is 0 Å². The summed E-state index contributed by atoms with van der Waals surface area (Å²) in [5.74, 6) is 0. The van der Waals surface area contributed by atoms with E-state index in [2.05, 4.69) is 18.3 Å². The summed E-state index contributed by atoms with van der Waals surface area (Å²) in [5, 5.41) is 5.15. The van der Waals surface area contributed by atoms with Gasteiger partial charge in [-0.25, -0.2) is 0 Å². The van der Waals surface area contributed by atoms with Crippen molar-refractivity contribution in [3.05, 3.63) is 63.1 Å². The van der Waals surface area contributed by atoms with Crippen LogP contribution in [0.15, 0.2) is 36.4 Å². The summed E-state index contributed by atoms with van der Waals surface area (Å²) in [6.45, 7) is 2.08. The van der Waals surface area contributed by atoms with Crippen molar-refractivity contribution in [3.63, 3.8) is 0 Å². The third kappa shape index (κ3) is 1.98. The van der Waals surface area contributed by atoms with Crippen molar-refractivity contribution in [1.82, 2.24) is 0 Å². The van der Waals surface area contributed by atoms with Gasteiger partial charge in [-0.05, 0) is 48.2 Å². The number of halogens is 2. The SMILES string of the molecule is Cc1cc(Cl)cc2c1NC(c1ccccc1Cl)C2. The number of hydrogen-bond donors (Lipinski definition) is 1. The molecule has 0 saturated carbocycles. The summed E-state index contributed by atoms with van der Waals surface area (Å²) < 4.78 is 0. The molecule has 1 atom stereocenters. The number of hydrogen-bond acceptors (Lipinski definition) is 1. The first-order chi connectivity index (χ1) is 8.65. The zero-order valence-electron chi connectivity index (χ0n) is 10.0. The van der Waals surface area contributed by atoms with Gasteiger partial charge in [-0.3, -0.25) is 0 Å². The normalized spacial score (nSPS) is 17.4. The lowest BCUT2D eigenvalue weighted by Gasteiger charge is -2.13. The van der Waals surface area contributed by atoms with E-state index in [9.17, 15) is 0 Å². The number of aryl methyl sites for hydroxylation is 1. The van der Waals surface area contributed by atoms with Crippen LogP contribution in [0.4, 0.5) is 5.69 Å². The molecule has 0 aromatic heterocycles. The van der Waals surface area contributed by atoms with Gasteiger partial charge >= 0.3 is 0 Å². The molecule has 2 aromatic carbocycles. The maximum Gasteiger partial charge on any atom is 0.0569 e. The third-order valence-corrected chi connectivity index (χ3v) is 3.97. The molecule has 3 rings (SSSR count). The van der Waals surface area contributed by atoms with Crippen molar-refractivity contribution in [1.29, 1.82) is 0 Å². The summed E-state index contributed by atoms with van der Waals surface area (Å²) >= 11 is 12.4. The van der Waals surface area contributed by atoms with Crippen molar-refractivity contribution in [2.75, 3.05) is 5.32 Å². The Morgan fingerprint density at radius 3 is 2.72 bits per heavy atom. The Kier molecular flexibility index (Phi) is 2.96. The molecule has 0 spiro atoms. The fourth-order valence-corrected chi connectivity index (χ4v) is 3.13. The van der Waals surface area contributed by atoms with E-state index in [1.807, 2.05) is 30.3 Å². The summed E-state index contributed by atoms with van der Waals surface area (Å²) in [6, 6.07) is 12.2. The molecule has 1 nitrogen and oxygen atoms in total. The minimum Gasteiger partial charge on any atom is -0.377 e. The predicted molar refractivity (Wildman–Crippen MR) is 77.7 cm³/mol. The van der Waals surface area contributed by atoms with E-state index in [4.69, 9.17) is 23.2 Å². The first-order valence-corrected chi connectivity index (χ1v) is 6.71. The van der Waals surface area contributed by atoms with Crippen LogP contribution in [-0.2, 0) is 6.42 Å². The Labute approximate surface area is 117 Å². The highest BCUT2D eigenvalue weighted by Crippen LogP contribution is 2.39. The molecule has 1 N–H and O–H groups in total. The molecule has 1 aliphatic rings. The van der Waals surface area contributed by atoms with Crippen LogP contribution in [0, 0.1) is 6.92 Å². The molecule has 92 valence electrons. The second kappa shape index (κ2) is 4.49. The van der Waals surface area contributed by atoms with E-state index in [0.29, 0.717) is 0 Å². The van der Waals surface area contributed by atoms with E-state index >= 15 is 0 Å². The van der Waals surface area contributed by atoms with Gasteiger partial charge in [0, 0.05) is 15.7 Å². The standard InChI is InChI=1S/C15H13Cl2N/c1-9-6-11(16)7-10-8-14(18-15(9)10)12-4-2-3-5-13(12)17/h2-7,14,18H,8H2,1H3. The number of fused-ring (bicyclic) bond motifs is 1. The van der Waals surface area contributed by atoms with Crippen LogP contribution in [-0.4, -0.2) is 0 Å². The third-order valence-electron chi connectivity index (χ3n) is 3.41. The molecule has 0 aliphatic carbocycles. The van der Waals surface area contributed by atoms with E-state index < -0.39 is 0 Å². The van der Waals surface area contributed by atoms with Crippen molar-refractivity contribution in [2.24, 2.45) is 0 Å². The van der Waals surface area contributed by atoms with Gasteiger partial charge in [0.05, 0.1) is 6.04 Å². The van der Waals surface area contributed by atoms with Gasteiger partial charge in [0.2, 0.25) is 0 Å². The maximum absolute atomic E-state index is 6.25. The lowest BCUT2D eigenvalue weighted by molar-refractivity contribution is 0.824. The quantitative estimate of drug-likeness (QED) is 0.773. The van der Waals surface area contributed by atoms with Gasteiger partial charge < -0.3 is 5.32 Å². The van der Waals surface area contributed by atoms with Crippen LogP contribution in [0.1, 0.15) is 22.7 Å². The second-order valence-corrected chi connectivity index (χ2v) is 5.52. The zero-order valence-corrected chi connectivity index (χ0v) is 11.5. The first-order valence-electron chi connectivity index (χ1n) is 5.95. The number of benzene rings is 2. The van der Waals surface area contributed by atoms with Gasteiger partial charge in [0.15, 0.2) is 0 Å². The topological polar surface area (TPSA) is 12.0 Å². The van der Waals surface area contributed by atoms with Gasteiger partial charge in [-0.15, -0.1) is 0 Å². The smallest absolute Gasteiger partial charge is 0.0569 e. The summed E-state index contributed by atoms with van der Waals surface area (Å²) in [7, 11) is 0. The Bertz CT molecular complexity index is 607. The lowest BCUT2D eigenvalue weighted by atomic mass is 10.0. The predicted octanol–water partition coefficient (Wildman–Crippen LogP) is 5.01. The van der Waals surface area contributed by atoms with Crippen molar-refractivity contribution in [2.45, 2.75) is 19.4 Å². The first kappa shape index (κ1) is 11.9. The van der Waals surface area contributed by atoms with Gasteiger partial charge in [0.1, 0.15) is 0 Å². The Hall–Kier alpha value is -1.18. The maximum atomic E-state index is 6.25. The number of rotatable bonds is 1. The Morgan fingerprint density at radius 1 is 1.17 bits per heavy atom. The van der Waals surface area contributed by atoms with E-state index in [1.54, 1.807) is 0 Å². The summed E-state index contributed by atoms with van der Waals surface area (Å²) in [5.41, 5.74) is 4.80. The van der Waals surface area contributed by atoms with Crippen molar-refractivity contribution in [3.8, 4) is 0 Å². The number of anilines is 1. The fourth-order valence-electron chi connectivity index (χ4n) is 2.57. The molecule has 2 aromatic rings.